The van der Waals surface area contributed by atoms with E-state index in [0.717, 1.165) is 31.1 Å². The Morgan fingerprint density at radius 2 is 1.91 bits per heavy atom. The highest BCUT2D eigenvalue weighted by molar-refractivity contribution is 5.17. The summed E-state index contributed by atoms with van der Waals surface area (Å²) in [4.78, 5) is 0. The summed E-state index contributed by atoms with van der Waals surface area (Å²) < 4.78 is 0. The number of rotatable bonds is 11. The van der Waals surface area contributed by atoms with Crippen LogP contribution in [-0.4, -0.2) is 11.2 Å². The van der Waals surface area contributed by atoms with Crippen molar-refractivity contribution in [3.63, 3.8) is 0 Å². The molecular weight excluding hydrogens is 268 g/mol. The molecule has 1 saturated carbocycles. The predicted octanol–water partition coefficient (Wildman–Crippen LogP) is 5.65. The Morgan fingerprint density at radius 1 is 1.09 bits per heavy atom. The number of aliphatic hydroxyl groups excluding tert-OH is 1. The summed E-state index contributed by atoms with van der Waals surface area (Å²) in [7, 11) is 0. The molecule has 0 saturated heterocycles. The van der Waals surface area contributed by atoms with E-state index in [9.17, 15) is 5.11 Å². The molecule has 0 heterocycles. The molecule has 1 aliphatic carbocycles. The molecule has 0 aromatic heterocycles. The summed E-state index contributed by atoms with van der Waals surface area (Å²) in [6.07, 6.45) is 19.9. The Labute approximate surface area is 137 Å². The number of hydrogen-bond acceptors (Lipinski definition) is 1. The van der Waals surface area contributed by atoms with E-state index in [1.165, 1.54) is 44.9 Å². The third-order valence-electron chi connectivity index (χ3n) is 4.37. The fraction of sp³-hybridized carbons (Fsp3) is 0.714. The molecule has 124 valence electrons. The number of allylic oxidation sites excluding steroid dienone is 3. The second kappa shape index (κ2) is 12.5. The summed E-state index contributed by atoms with van der Waals surface area (Å²) in [5.74, 6) is 8.00. The van der Waals surface area contributed by atoms with Crippen LogP contribution in [0.1, 0.15) is 78.1 Å². The molecule has 0 aliphatic heterocycles. The minimum absolute atomic E-state index is 0.317. The molecule has 0 amide bonds. The van der Waals surface area contributed by atoms with Gasteiger partial charge >= 0.3 is 0 Å². The standard InChI is InChI=1S/C21H34O/c1-3-5-7-8-11-14-19-18-20(19)15-12-9-13-17-21(22)16-10-6-4-2/h8,11,13,17,19-22H,3-7,10,14-16,18H2,1-2H3/b11-8+,17-13+. The van der Waals surface area contributed by atoms with Crippen molar-refractivity contribution in [3.8, 4) is 11.8 Å². The first-order valence-corrected chi connectivity index (χ1v) is 9.26. The molecular formula is C21H34O. The quantitative estimate of drug-likeness (QED) is 0.297. The van der Waals surface area contributed by atoms with Gasteiger partial charge in [-0.1, -0.05) is 69.9 Å². The van der Waals surface area contributed by atoms with Gasteiger partial charge in [-0.15, -0.1) is 0 Å². The average Bonchev–Trinajstić information content (AvgIpc) is 3.25. The summed E-state index contributed by atoms with van der Waals surface area (Å²) in [5, 5.41) is 9.74. The lowest BCUT2D eigenvalue weighted by molar-refractivity contribution is 0.208. The van der Waals surface area contributed by atoms with E-state index in [2.05, 4.69) is 37.8 Å². The normalized spacial score (nSPS) is 22.0. The highest BCUT2D eigenvalue weighted by atomic mass is 16.3. The van der Waals surface area contributed by atoms with Gasteiger partial charge < -0.3 is 5.11 Å². The topological polar surface area (TPSA) is 20.2 Å². The van der Waals surface area contributed by atoms with E-state index < -0.39 is 0 Å². The third kappa shape index (κ3) is 9.85. The van der Waals surface area contributed by atoms with E-state index in [1.54, 1.807) is 0 Å². The number of hydrogen-bond donors (Lipinski definition) is 1. The van der Waals surface area contributed by atoms with Gasteiger partial charge in [0.15, 0.2) is 0 Å². The van der Waals surface area contributed by atoms with Crippen molar-refractivity contribution in [2.75, 3.05) is 0 Å². The van der Waals surface area contributed by atoms with Crippen LogP contribution in [0.3, 0.4) is 0 Å². The summed E-state index contributed by atoms with van der Waals surface area (Å²) in [6, 6.07) is 0. The molecule has 1 rings (SSSR count). The van der Waals surface area contributed by atoms with Crippen molar-refractivity contribution in [3.05, 3.63) is 24.3 Å². The van der Waals surface area contributed by atoms with Crippen LogP contribution in [0.25, 0.3) is 0 Å². The zero-order valence-electron chi connectivity index (χ0n) is 14.6. The minimum Gasteiger partial charge on any atom is -0.389 e. The SMILES string of the molecule is CCCC/C=C/CC1CC1CC#C/C=C/C(O)CCCCC. The van der Waals surface area contributed by atoms with E-state index >= 15 is 0 Å². The van der Waals surface area contributed by atoms with Crippen LogP contribution in [0.15, 0.2) is 24.3 Å². The fourth-order valence-corrected chi connectivity index (χ4v) is 2.67. The van der Waals surface area contributed by atoms with Gasteiger partial charge in [0.25, 0.3) is 0 Å². The maximum atomic E-state index is 9.74. The van der Waals surface area contributed by atoms with Crippen LogP contribution >= 0.6 is 0 Å². The van der Waals surface area contributed by atoms with Crippen LogP contribution in [0.2, 0.25) is 0 Å². The van der Waals surface area contributed by atoms with Crippen molar-refractivity contribution in [2.45, 2.75) is 84.2 Å². The Hall–Kier alpha value is -1.00. The van der Waals surface area contributed by atoms with E-state index in [0.29, 0.717) is 0 Å². The molecule has 1 nitrogen and oxygen atoms in total. The van der Waals surface area contributed by atoms with Gasteiger partial charge in [-0.05, 0) is 49.7 Å². The predicted molar refractivity (Wildman–Crippen MR) is 96.6 cm³/mol. The smallest absolute Gasteiger partial charge is 0.0730 e. The Morgan fingerprint density at radius 3 is 2.68 bits per heavy atom. The lowest BCUT2D eigenvalue weighted by Crippen LogP contribution is -2.00. The average molecular weight is 303 g/mol. The Kier molecular flexibility index (Phi) is 10.9. The van der Waals surface area contributed by atoms with Crippen LogP contribution in [0.5, 0.6) is 0 Å². The van der Waals surface area contributed by atoms with E-state index in [-0.39, 0.29) is 6.10 Å². The van der Waals surface area contributed by atoms with Gasteiger partial charge in [-0.2, -0.15) is 0 Å². The first kappa shape index (κ1) is 19.0. The van der Waals surface area contributed by atoms with Gasteiger partial charge in [0.2, 0.25) is 0 Å². The molecule has 0 aromatic carbocycles. The molecule has 3 unspecified atom stereocenters. The molecule has 0 bridgehead atoms. The first-order valence-electron chi connectivity index (χ1n) is 9.26. The molecule has 1 heteroatoms. The third-order valence-corrected chi connectivity index (χ3v) is 4.37. The highest BCUT2D eigenvalue weighted by Crippen LogP contribution is 2.43. The minimum atomic E-state index is -0.317. The Bertz CT molecular complexity index is 382. The zero-order valence-corrected chi connectivity index (χ0v) is 14.6. The first-order chi connectivity index (χ1) is 10.8. The van der Waals surface area contributed by atoms with Crippen molar-refractivity contribution < 1.29 is 5.11 Å². The lowest BCUT2D eigenvalue weighted by Gasteiger charge is -2.02. The van der Waals surface area contributed by atoms with Crippen LogP contribution in [0.4, 0.5) is 0 Å². The van der Waals surface area contributed by atoms with Gasteiger partial charge in [0, 0.05) is 6.42 Å². The molecule has 3 atom stereocenters. The summed E-state index contributed by atoms with van der Waals surface area (Å²) >= 11 is 0. The maximum absolute atomic E-state index is 9.74. The highest BCUT2D eigenvalue weighted by Gasteiger charge is 2.34. The molecule has 1 fully saturated rings. The second-order valence-electron chi connectivity index (χ2n) is 6.55. The second-order valence-corrected chi connectivity index (χ2v) is 6.55. The molecule has 0 spiro atoms. The van der Waals surface area contributed by atoms with Gasteiger partial charge in [0.05, 0.1) is 6.10 Å². The molecule has 22 heavy (non-hydrogen) atoms. The largest absolute Gasteiger partial charge is 0.389 e. The van der Waals surface area contributed by atoms with Gasteiger partial charge in [-0.25, -0.2) is 0 Å². The van der Waals surface area contributed by atoms with Crippen LogP contribution in [-0.2, 0) is 0 Å². The van der Waals surface area contributed by atoms with Crippen LogP contribution in [0, 0.1) is 23.7 Å². The number of unbranched alkanes of at least 4 members (excludes halogenated alkanes) is 4. The summed E-state index contributed by atoms with van der Waals surface area (Å²) in [6.45, 7) is 4.42. The zero-order chi connectivity index (χ0) is 16.0. The molecule has 0 radical (unpaired) electrons. The summed E-state index contributed by atoms with van der Waals surface area (Å²) in [5.41, 5.74) is 0. The Balaban J connectivity index is 2.04. The maximum Gasteiger partial charge on any atom is 0.0730 e. The van der Waals surface area contributed by atoms with Crippen molar-refractivity contribution >= 4 is 0 Å². The van der Waals surface area contributed by atoms with E-state index in [1.807, 2.05) is 12.2 Å². The van der Waals surface area contributed by atoms with Crippen LogP contribution < -0.4 is 0 Å². The van der Waals surface area contributed by atoms with Crippen molar-refractivity contribution in [2.24, 2.45) is 11.8 Å². The molecule has 0 aromatic rings. The monoisotopic (exact) mass is 302 g/mol. The van der Waals surface area contributed by atoms with Gasteiger partial charge in [-0.3, -0.25) is 0 Å². The van der Waals surface area contributed by atoms with Gasteiger partial charge in [0.1, 0.15) is 0 Å². The van der Waals surface area contributed by atoms with Crippen molar-refractivity contribution in [1.29, 1.82) is 0 Å². The van der Waals surface area contributed by atoms with Crippen molar-refractivity contribution in [1.82, 2.24) is 0 Å². The van der Waals surface area contributed by atoms with E-state index in [4.69, 9.17) is 0 Å². The molecule has 1 aliphatic rings. The number of aliphatic hydroxyl groups is 1. The fourth-order valence-electron chi connectivity index (χ4n) is 2.67. The lowest BCUT2D eigenvalue weighted by atomic mass is 10.1. The molecule has 1 N–H and O–H groups in total.